The zero-order valence-corrected chi connectivity index (χ0v) is 27.6. The highest BCUT2D eigenvalue weighted by molar-refractivity contribution is 6.05. The van der Waals surface area contributed by atoms with Crippen LogP contribution in [0.1, 0.15) is 66.3 Å². The topological polar surface area (TPSA) is 113 Å². The molecule has 2 heterocycles. The fourth-order valence-corrected chi connectivity index (χ4v) is 5.58. The zero-order chi connectivity index (χ0) is 33.1. The molecule has 46 heavy (non-hydrogen) atoms. The van der Waals surface area contributed by atoms with Crippen LogP contribution < -0.4 is 14.8 Å². The lowest BCUT2D eigenvalue weighted by atomic mass is 10.0. The molecule has 10 nitrogen and oxygen atoms in total. The first kappa shape index (κ1) is 34.9. The number of likely N-dealkylation sites (N-methyl/N-ethyl adjacent to an activating group) is 1. The molecular weight excluding hydrogens is 584 g/mol. The number of benzene rings is 2. The zero-order valence-electron chi connectivity index (χ0n) is 27.6. The van der Waals surface area contributed by atoms with Gasteiger partial charge in [-0.3, -0.25) is 19.5 Å². The number of rotatable bonds is 9. The Morgan fingerprint density at radius 1 is 1.13 bits per heavy atom. The van der Waals surface area contributed by atoms with Crippen LogP contribution in [-0.2, 0) is 11.3 Å². The summed E-state index contributed by atoms with van der Waals surface area (Å²) in [5, 5.41) is 13.1. The maximum Gasteiger partial charge on any atom is 0.258 e. The summed E-state index contributed by atoms with van der Waals surface area (Å²) in [4.78, 5) is 35.1. The van der Waals surface area contributed by atoms with Crippen LogP contribution in [0.2, 0.25) is 0 Å². The minimum atomic E-state index is -0.458. The Morgan fingerprint density at radius 3 is 2.57 bits per heavy atom. The van der Waals surface area contributed by atoms with E-state index in [0.29, 0.717) is 42.3 Å². The molecule has 0 fully saturated rings. The number of pyridine rings is 1. The third kappa shape index (κ3) is 9.75. The van der Waals surface area contributed by atoms with Gasteiger partial charge < -0.3 is 29.5 Å². The highest BCUT2D eigenvalue weighted by Crippen LogP contribution is 2.29. The van der Waals surface area contributed by atoms with E-state index in [9.17, 15) is 14.7 Å². The molecule has 0 saturated heterocycles. The summed E-state index contributed by atoms with van der Waals surface area (Å²) < 4.78 is 18.1. The first-order valence-electron chi connectivity index (χ1n) is 16.1. The maximum absolute atomic E-state index is 14.3. The van der Waals surface area contributed by atoms with E-state index >= 15 is 0 Å². The van der Waals surface area contributed by atoms with Crippen LogP contribution in [0.15, 0.2) is 67.0 Å². The van der Waals surface area contributed by atoms with Gasteiger partial charge in [0, 0.05) is 55.8 Å². The molecule has 4 rings (SSSR count). The monoisotopic (exact) mass is 632 g/mol. The highest BCUT2D eigenvalue weighted by atomic mass is 16.5. The molecule has 0 spiro atoms. The normalized spacial score (nSPS) is 20.3. The van der Waals surface area contributed by atoms with E-state index in [-0.39, 0.29) is 36.5 Å². The van der Waals surface area contributed by atoms with E-state index in [1.54, 1.807) is 54.7 Å². The molecule has 1 aliphatic rings. The minimum Gasteiger partial charge on any atom is -0.497 e. The smallest absolute Gasteiger partial charge is 0.258 e. The lowest BCUT2D eigenvalue weighted by Gasteiger charge is -2.36. The summed E-state index contributed by atoms with van der Waals surface area (Å²) in [6.07, 6.45) is 5.43. The Labute approximate surface area is 272 Å². The number of hydrogen-bond acceptors (Lipinski definition) is 8. The number of amides is 2. The first-order chi connectivity index (χ1) is 22.2. The standard InChI is InChI=1S/C36H48N4O6/c1-25-21-40(26(2)24-41)36(43)32-20-30(38-35(42)29-15-17-37-18-16-29)11-14-33(32)46-27(3)8-6-7-19-45-34(25)23-39(4)22-28-9-12-31(44-5)13-10-28/h9-18,20,25-27,34,41H,6-8,19,21-24H2,1-5H3,(H,38,42)/t25-,26-,27+,34+/m0/s1. The molecule has 0 bridgehead atoms. The van der Waals surface area contributed by atoms with Gasteiger partial charge in [-0.05, 0) is 88.2 Å². The molecule has 2 amide bonds. The Morgan fingerprint density at radius 2 is 1.87 bits per heavy atom. The van der Waals surface area contributed by atoms with Gasteiger partial charge in [0.05, 0.1) is 37.5 Å². The quantitative estimate of drug-likeness (QED) is 0.328. The molecule has 3 aromatic rings. The number of nitrogens with one attached hydrogen (secondary N) is 1. The third-order valence-electron chi connectivity index (χ3n) is 8.36. The molecule has 0 aliphatic carbocycles. The van der Waals surface area contributed by atoms with E-state index in [1.807, 2.05) is 26.0 Å². The van der Waals surface area contributed by atoms with E-state index in [2.05, 4.69) is 41.3 Å². The number of ether oxygens (including phenoxy) is 3. The number of anilines is 1. The van der Waals surface area contributed by atoms with Gasteiger partial charge in [0.25, 0.3) is 11.8 Å². The Kier molecular flexibility index (Phi) is 12.9. The van der Waals surface area contributed by atoms with Gasteiger partial charge >= 0.3 is 0 Å². The van der Waals surface area contributed by atoms with Crippen molar-refractivity contribution >= 4 is 17.5 Å². The van der Waals surface area contributed by atoms with Crippen molar-refractivity contribution in [1.29, 1.82) is 0 Å². The number of hydrogen-bond donors (Lipinski definition) is 2. The first-order valence-corrected chi connectivity index (χ1v) is 16.1. The Balaban J connectivity index is 1.59. The van der Waals surface area contributed by atoms with Gasteiger partial charge in [-0.1, -0.05) is 19.1 Å². The molecule has 2 N–H and O–H groups in total. The van der Waals surface area contributed by atoms with Crippen LogP contribution >= 0.6 is 0 Å². The molecule has 0 radical (unpaired) electrons. The van der Waals surface area contributed by atoms with E-state index in [1.165, 1.54) is 5.56 Å². The van der Waals surface area contributed by atoms with E-state index in [0.717, 1.165) is 31.6 Å². The number of carbonyl (C=O) groups excluding carboxylic acids is 2. The molecule has 1 aromatic heterocycles. The fraction of sp³-hybridized carbons (Fsp3) is 0.472. The van der Waals surface area contributed by atoms with Crippen molar-refractivity contribution in [3.8, 4) is 11.5 Å². The second-order valence-corrected chi connectivity index (χ2v) is 12.2. The second kappa shape index (κ2) is 17.1. The molecule has 2 aromatic carbocycles. The molecule has 0 saturated carbocycles. The number of aliphatic hydroxyl groups excluding tert-OH is 1. The summed E-state index contributed by atoms with van der Waals surface area (Å²) in [6.45, 7) is 8.10. The lowest BCUT2D eigenvalue weighted by Crippen LogP contribution is -2.47. The lowest BCUT2D eigenvalue weighted by molar-refractivity contribution is -0.0177. The van der Waals surface area contributed by atoms with Crippen molar-refractivity contribution in [1.82, 2.24) is 14.8 Å². The molecule has 4 atom stereocenters. The van der Waals surface area contributed by atoms with Crippen LogP contribution in [0, 0.1) is 5.92 Å². The van der Waals surface area contributed by atoms with Crippen LogP contribution in [0.4, 0.5) is 5.69 Å². The van der Waals surface area contributed by atoms with Crippen molar-refractivity contribution in [2.45, 2.75) is 64.8 Å². The van der Waals surface area contributed by atoms with Crippen LogP contribution in [0.25, 0.3) is 0 Å². The third-order valence-corrected chi connectivity index (χ3v) is 8.36. The number of carbonyl (C=O) groups is 2. The fourth-order valence-electron chi connectivity index (χ4n) is 5.58. The van der Waals surface area contributed by atoms with Crippen molar-refractivity contribution in [3.05, 3.63) is 83.7 Å². The average molecular weight is 633 g/mol. The predicted octanol–water partition coefficient (Wildman–Crippen LogP) is 5.27. The van der Waals surface area contributed by atoms with Gasteiger partial charge in [-0.15, -0.1) is 0 Å². The van der Waals surface area contributed by atoms with Crippen LogP contribution in [0.5, 0.6) is 11.5 Å². The Hall–Kier alpha value is -3.99. The van der Waals surface area contributed by atoms with Gasteiger partial charge in [0.15, 0.2) is 0 Å². The molecular formula is C36H48N4O6. The maximum atomic E-state index is 14.3. The summed E-state index contributed by atoms with van der Waals surface area (Å²) in [5.74, 6) is 0.640. The van der Waals surface area contributed by atoms with Gasteiger partial charge in [0.2, 0.25) is 0 Å². The number of aromatic nitrogens is 1. The van der Waals surface area contributed by atoms with Crippen LogP contribution in [0.3, 0.4) is 0 Å². The minimum absolute atomic E-state index is 0.0444. The summed E-state index contributed by atoms with van der Waals surface area (Å²) >= 11 is 0. The van der Waals surface area contributed by atoms with Crippen LogP contribution in [-0.4, -0.2) is 90.4 Å². The Bertz CT molecular complexity index is 1400. The molecule has 248 valence electrons. The van der Waals surface area contributed by atoms with Gasteiger partial charge in [0.1, 0.15) is 11.5 Å². The number of methoxy groups -OCH3 is 1. The van der Waals surface area contributed by atoms with Gasteiger partial charge in [-0.2, -0.15) is 0 Å². The molecule has 10 heteroatoms. The largest absolute Gasteiger partial charge is 0.497 e. The molecule has 0 unspecified atom stereocenters. The van der Waals surface area contributed by atoms with Gasteiger partial charge in [-0.25, -0.2) is 0 Å². The summed E-state index contributed by atoms with van der Waals surface area (Å²) in [5.41, 5.74) is 2.42. The van der Waals surface area contributed by atoms with Crippen molar-refractivity contribution in [3.63, 3.8) is 0 Å². The second-order valence-electron chi connectivity index (χ2n) is 12.2. The predicted molar refractivity (Wildman–Crippen MR) is 178 cm³/mol. The molecule has 1 aliphatic heterocycles. The van der Waals surface area contributed by atoms with Crippen molar-refractivity contribution in [2.75, 3.05) is 45.8 Å². The van der Waals surface area contributed by atoms with E-state index in [4.69, 9.17) is 14.2 Å². The highest BCUT2D eigenvalue weighted by Gasteiger charge is 2.30. The SMILES string of the molecule is COc1ccc(CN(C)C[C@H]2OCCCC[C@@H](C)Oc3ccc(NC(=O)c4ccncc4)cc3C(=O)N([C@@H](C)CO)C[C@@H]2C)cc1. The average Bonchev–Trinajstić information content (AvgIpc) is 3.06. The van der Waals surface area contributed by atoms with Crippen molar-refractivity contribution < 1.29 is 28.9 Å². The number of aliphatic hydroxyl groups is 1. The summed E-state index contributed by atoms with van der Waals surface area (Å²) in [6, 6.07) is 16.0. The van der Waals surface area contributed by atoms with E-state index < -0.39 is 6.04 Å². The van der Waals surface area contributed by atoms with Crippen molar-refractivity contribution in [2.24, 2.45) is 5.92 Å². The number of fused-ring (bicyclic) bond motifs is 1. The summed E-state index contributed by atoms with van der Waals surface area (Å²) in [7, 11) is 3.73. The number of nitrogens with zero attached hydrogens (tertiary/aromatic N) is 3.